The van der Waals surface area contributed by atoms with Crippen molar-refractivity contribution < 1.29 is 5.11 Å². The molecule has 1 aliphatic carbocycles. The summed E-state index contributed by atoms with van der Waals surface area (Å²) in [6.07, 6.45) is 4.48. The normalized spacial score (nSPS) is 18.2. The van der Waals surface area contributed by atoms with E-state index >= 15 is 0 Å². The quantitative estimate of drug-likeness (QED) is 0.774. The zero-order chi connectivity index (χ0) is 14.6. The van der Waals surface area contributed by atoms with Gasteiger partial charge in [0.05, 0.1) is 5.69 Å². The lowest BCUT2D eigenvalue weighted by atomic mass is 10.1. The molecule has 3 N–H and O–H groups in total. The van der Waals surface area contributed by atoms with Crippen molar-refractivity contribution >= 4 is 5.82 Å². The number of hydrogen-bond acceptors (Lipinski definition) is 4. The van der Waals surface area contributed by atoms with Gasteiger partial charge in [-0.2, -0.15) is 0 Å². The lowest BCUT2D eigenvalue weighted by Crippen LogP contribution is -2.38. The first kappa shape index (κ1) is 15.3. The van der Waals surface area contributed by atoms with Crippen LogP contribution in [0.15, 0.2) is 18.2 Å². The monoisotopic (exact) mass is 277 g/mol. The van der Waals surface area contributed by atoms with E-state index in [1.54, 1.807) is 0 Å². The van der Waals surface area contributed by atoms with Crippen LogP contribution in [0.5, 0.6) is 0 Å². The first-order chi connectivity index (χ1) is 9.44. The zero-order valence-electron chi connectivity index (χ0n) is 12.8. The molecular weight excluding hydrogens is 250 g/mol. The first-order valence-electron chi connectivity index (χ1n) is 7.61. The van der Waals surface area contributed by atoms with Crippen LogP contribution >= 0.6 is 0 Å². The van der Waals surface area contributed by atoms with Gasteiger partial charge in [-0.15, -0.1) is 0 Å². The third-order valence-corrected chi connectivity index (χ3v) is 3.64. The van der Waals surface area contributed by atoms with E-state index in [1.807, 2.05) is 18.2 Å². The maximum Gasteiger partial charge on any atom is 0.126 e. The number of nitrogens with one attached hydrogen (secondary N) is 2. The van der Waals surface area contributed by atoms with E-state index in [2.05, 4.69) is 36.4 Å². The van der Waals surface area contributed by atoms with Crippen LogP contribution in [0.2, 0.25) is 0 Å². The van der Waals surface area contributed by atoms with E-state index in [-0.39, 0.29) is 5.54 Å². The third-order valence-electron chi connectivity index (χ3n) is 3.64. The van der Waals surface area contributed by atoms with Gasteiger partial charge in [-0.05, 0) is 45.7 Å². The number of nitrogens with zero attached hydrogens (tertiary/aromatic N) is 1. The smallest absolute Gasteiger partial charge is 0.126 e. The van der Waals surface area contributed by atoms with E-state index in [0.717, 1.165) is 11.5 Å². The number of aromatic nitrogens is 1. The van der Waals surface area contributed by atoms with Crippen LogP contribution in [0, 0.1) is 0 Å². The summed E-state index contributed by atoms with van der Waals surface area (Å²) in [6, 6.07) is 6.36. The van der Waals surface area contributed by atoms with E-state index in [0.29, 0.717) is 12.6 Å². The van der Waals surface area contributed by atoms with Crippen molar-refractivity contribution in [1.82, 2.24) is 10.3 Å². The van der Waals surface area contributed by atoms with Gasteiger partial charge in [0, 0.05) is 18.1 Å². The Bertz CT molecular complexity index is 422. The number of rotatable bonds is 5. The number of pyridine rings is 1. The topological polar surface area (TPSA) is 57.2 Å². The van der Waals surface area contributed by atoms with E-state index < -0.39 is 6.10 Å². The number of aliphatic hydroxyl groups is 1. The summed E-state index contributed by atoms with van der Waals surface area (Å²) in [5, 5.41) is 17.0. The molecular formula is C16H27N3O. The third kappa shape index (κ3) is 4.76. The van der Waals surface area contributed by atoms with Gasteiger partial charge in [0.15, 0.2) is 0 Å². The molecule has 0 saturated heterocycles. The number of β-amino-alcohol motifs (C(OH)–C–C–N with tert-alkyl or cyclic N) is 1. The molecule has 4 nitrogen and oxygen atoms in total. The van der Waals surface area contributed by atoms with Crippen molar-refractivity contribution in [1.29, 1.82) is 0 Å². The van der Waals surface area contributed by atoms with Gasteiger partial charge in [0.1, 0.15) is 11.9 Å². The van der Waals surface area contributed by atoms with E-state index in [1.165, 1.54) is 25.7 Å². The Morgan fingerprint density at radius 2 is 2.00 bits per heavy atom. The van der Waals surface area contributed by atoms with Crippen molar-refractivity contribution in [3.05, 3.63) is 23.9 Å². The highest BCUT2D eigenvalue weighted by Crippen LogP contribution is 2.22. The van der Waals surface area contributed by atoms with Crippen molar-refractivity contribution in [2.45, 2.75) is 64.1 Å². The zero-order valence-corrected chi connectivity index (χ0v) is 12.8. The number of anilines is 1. The second-order valence-electron chi connectivity index (χ2n) is 6.72. The number of hydrogen-bond donors (Lipinski definition) is 3. The van der Waals surface area contributed by atoms with Crippen LogP contribution in [-0.4, -0.2) is 28.2 Å². The average Bonchev–Trinajstić information content (AvgIpc) is 2.88. The molecule has 2 rings (SSSR count). The summed E-state index contributed by atoms with van der Waals surface area (Å²) >= 11 is 0. The van der Waals surface area contributed by atoms with Crippen molar-refractivity contribution in [3.63, 3.8) is 0 Å². The fourth-order valence-corrected chi connectivity index (χ4v) is 2.50. The van der Waals surface area contributed by atoms with Gasteiger partial charge in [-0.25, -0.2) is 4.98 Å². The predicted octanol–water partition coefficient (Wildman–Crippen LogP) is 2.86. The Kier molecular flexibility index (Phi) is 5.00. The second kappa shape index (κ2) is 6.55. The van der Waals surface area contributed by atoms with Crippen LogP contribution in [-0.2, 0) is 0 Å². The molecule has 0 amide bonds. The number of aliphatic hydroxyl groups excluding tert-OH is 1. The fourth-order valence-electron chi connectivity index (χ4n) is 2.50. The SMILES string of the molecule is CC(C)(C)NC[C@H](O)c1cccc(NC2CCCC2)n1. The highest BCUT2D eigenvalue weighted by molar-refractivity contribution is 5.37. The van der Waals surface area contributed by atoms with Crippen LogP contribution in [0.3, 0.4) is 0 Å². The fraction of sp³-hybridized carbons (Fsp3) is 0.688. The molecule has 1 heterocycles. The second-order valence-corrected chi connectivity index (χ2v) is 6.72. The summed E-state index contributed by atoms with van der Waals surface area (Å²) in [5.74, 6) is 0.879. The van der Waals surface area contributed by atoms with Crippen molar-refractivity contribution in [2.75, 3.05) is 11.9 Å². The standard InChI is InChI=1S/C16H27N3O/c1-16(2,3)17-11-14(20)13-9-6-10-15(19-13)18-12-7-4-5-8-12/h6,9-10,12,14,17,20H,4-5,7-8,11H2,1-3H3,(H,18,19)/t14-/m0/s1. The maximum atomic E-state index is 10.2. The minimum absolute atomic E-state index is 0.000682. The predicted molar refractivity (Wildman–Crippen MR) is 82.8 cm³/mol. The van der Waals surface area contributed by atoms with Crippen molar-refractivity contribution in [2.24, 2.45) is 0 Å². The molecule has 0 aliphatic heterocycles. The molecule has 1 aromatic rings. The van der Waals surface area contributed by atoms with Gasteiger partial charge in [-0.1, -0.05) is 18.9 Å². The Morgan fingerprint density at radius 1 is 1.30 bits per heavy atom. The molecule has 0 unspecified atom stereocenters. The van der Waals surface area contributed by atoms with Crippen molar-refractivity contribution in [3.8, 4) is 0 Å². The van der Waals surface area contributed by atoms with E-state index in [4.69, 9.17) is 0 Å². The summed E-state index contributed by atoms with van der Waals surface area (Å²) < 4.78 is 0. The Hall–Kier alpha value is -1.13. The summed E-state index contributed by atoms with van der Waals surface area (Å²) in [6.45, 7) is 6.78. The lowest BCUT2D eigenvalue weighted by molar-refractivity contribution is 0.159. The van der Waals surface area contributed by atoms with Gasteiger partial charge < -0.3 is 15.7 Å². The largest absolute Gasteiger partial charge is 0.385 e. The molecule has 1 saturated carbocycles. The van der Waals surface area contributed by atoms with Crippen LogP contribution < -0.4 is 10.6 Å². The van der Waals surface area contributed by atoms with Gasteiger partial charge in [-0.3, -0.25) is 0 Å². The molecule has 0 spiro atoms. The molecule has 1 aromatic heterocycles. The summed E-state index contributed by atoms with van der Waals surface area (Å²) in [7, 11) is 0. The minimum Gasteiger partial charge on any atom is -0.385 e. The molecule has 112 valence electrons. The van der Waals surface area contributed by atoms with Crippen LogP contribution in [0.25, 0.3) is 0 Å². The molecule has 1 atom stereocenters. The van der Waals surface area contributed by atoms with E-state index in [9.17, 15) is 5.11 Å². The molecule has 0 aromatic carbocycles. The Labute approximate surface area is 122 Å². The van der Waals surface area contributed by atoms with Gasteiger partial charge >= 0.3 is 0 Å². The van der Waals surface area contributed by atoms with Gasteiger partial charge in [0.25, 0.3) is 0 Å². The van der Waals surface area contributed by atoms with Crippen LogP contribution in [0.4, 0.5) is 5.82 Å². The molecule has 4 heteroatoms. The first-order valence-corrected chi connectivity index (χ1v) is 7.61. The molecule has 0 bridgehead atoms. The molecule has 20 heavy (non-hydrogen) atoms. The Balaban J connectivity index is 1.94. The highest BCUT2D eigenvalue weighted by Gasteiger charge is 2.17. The minimum atomic E-state index is -0.570. The highest BCUT2D eigenvalue weighted by atomic mass is 16.3. The summed E-state index contributed by atoms with van der Waals surface area (Å²) in [4.78, 5) is 4.54. The average molecular weight is 277 g/mol. The Morgan fingerprint density at radius 3 is 2.65 bits per heavy atom. The molecule has 1 aliphatic rings. The molecule has 1 fully saturated rings. The maximum absolute atomic E-state index is 10.2. The van der Waals surface area contributed by atoms with Crippen LogP contribution in [0.1, 0.15) is 58.3 Å². The lowest BCUT2D eigenvalue weighted by Gasteiger charge is -2.23. The molecule has 0 radical (unpaired) electrons. The summed E-state index contributed by atoms with van der Waals surface area (Å²) in [5.41, 5.74) is 0.727. The van der Waals surface area contributed by atoms with Gasteiger partial charge in [0.2, 0.25) is 0 Å².